The van der Waals surface area contributed by atoms with E-state index < -0.39 is 6.36 Å². The summed E-state index contributed by atoms with van der Waals surface area (Å²) < 4.78 is 40.1. The van der Waals surface area contributed by atoms with E-state index in [4.69, 9.17) is 0 Å². The normalized spacial score (nSPS) is 33.2. The van der Waals surface area contributed by atoms with Crippen molar-refractivity contribution in [3.8, 4) is 5.75 Å². The third kappa shape index (κ3) is 2.92. The average molecular weight is 286 g/mol. The molecule has 2 fully saturated rings. The molecule has 0 radical (unpaired) electrons. The van der Waals surface area contributed by atoms with Gasteiger partial charge in [0.2, 0.25) is 0 Å². The van der Waals surface area contributed by atoms with Gasteiger partial charge in [0.25, 0.3) is 0 Å². The molecule has 20 heavy (non-hydrogen) atoms. The van der Waals surface area contributed by atoms with E-state index in [1.54, 1.807) is 12.1 Å². The molecule has 5 heteroatoms. The lowest BCUT2D eigenvalue weighted by Crippen LogP contribution is -2.17. The standard InChI is InChI=1S/C15H17F3O2/c16-15(17,18)20-14-3-1-9(2-4-14)10-5-11-7-13(19)8-12(11)6-10/h1-4,10-13,19H,5-8H2/t10?,11-,12+,13?. The molecule has 0 amide bonds. The molecule has 2 nitrogen and oxygen atoms in total. The van der Waals surface area contributed by atoms with E-state index in [1.807, 2.05) is 0 Å². The summed E-state index contributed by atoms with van der Waals surface area (Å²) in [5.74, 6) is 1.37. The lowest BCUT2D eigenvalue weighted by Gasteiger charge is -2.14. The van der Waals surface area contributed by atoms with Gasteiger partial charge >= 0.3 is 6.36 Å². The number of hydrogen-bond donors (Lipinski definition) is 1. The molecule has 1 aromatic rings. The van der Waals surface area contributed by atoms with Crippen LogP contribution in [0.4, 0.5) is 13.2 Å². The fraction of sp³-hybridized carbons (Fsp3) is 0.600. The summed E-state index contributed by atoms with van der Waals surface area (Å²) in [5.41, 5.74) is 1.07. The summed E-state index contributed by atoms with van der Waals surface area (Å²) in [6, 6.07) is 6.21. The molecule has 2 aliphatic carbocycles. The molecule has 0 spiro atoms. The first kappa shape index (κ1) is 13.7. The highest BCUT2D eigenvalue weighted by atomic mass is 19.4. The summed E-state index contributed by atoms with van der Waals surface area (Å²) in [5, 5.41) is 9.61. The van der Waals surface area contributed by atoms with E-state index in [0.29, 0.717) is 17.8 Å². The largest absolute Gasteiger partial charge is 0.573 e. The van der Waals surface area contributed by atoms with E-state index in [-0.39, 0.29) is 11.9 Å². The van der Waals surface area contributed by atoms with E-state index in [0.717, 1.165) is 31.2 Å². The fourth-order valence-electron chi connectivity index (χ4n) is 3.80. The number of aliphatic hydroxyl groups excluding tert-OH is 1. The predicted molar refractivity (Wildman–Crippen MR) is 67.3 cm³/mol. The molecule has 4 atom stereocenters. The van der Waals surface area contributed by atoms with Crippen molar-refractivity contribution in [2.45, 2.75) is 44.1 Å². The van der Waals surface area contributed by atoms with Gasteiger partial charge in [0.1, 0.15) is 5.75 Å². The van der Waals surface area contributed by atoms with Gasteiger partial charge in [-0.05, 0) is 61.1 Å². The number of halogens is 3. The number of aliphatic hydroxyl groups is 1. The third-order valence-corrected chi connectivity index (χ3v) is 4.58. The zero-order valence-corrected chi connectivity index (χ0v) is 10.9. The van der Waals surface area contributed by atoms with Crippen molar-refractivity contribution in [2.24, 2.45) is 11.8 Å². The van der Waals surface area contributed by atoms with Crippen LogP contribution in [0, 0.1) is 11.8 Å². The first-order valence-corrected chi connectivity index (χ1v) is 6.94. The molecule has 0 saturated heterocycles. The van der Waals surface area contributed by atoms with Gasteiger partial charge in [-0.25, -0.2) is 0 Å². The first-order valence-electron chi connectivity index (χ1n) is 6.94. The Labute approximate surface area is 115 Å². The van der Waals surface area contributed by atoms with Crippen molar-refractivity contribution < 1.29 is 23.0 Å². The summed E-state index contributed by atoms with van der Waals surface area (Å²) in [6.45, 7) is 0. The van der Waals surface area contributed by atoms with E-state index >= 15 is 0 Å². The smallest absolute Gasteiger partial charge is 0.406 e. The number of benzene rings is 1. The number of ether oxygens (including phenoxy) is 1. The third-order valence-electron chi connectivity index (χ3n) is 4.58. The second kappa shape index (κ2) is 4.95. The van der Waals surface area contributed by atoms with Crippen LogP contribution in [0.3, 0.4) is 0 Å². The summed E-state index contributed by atoms with van der Waals surface area (Å²) in [4.78, 5) is 0. The Hall–Kier alpha value is -1.23. The van der Waals surface area contributed by atoms with Gasteiger partial charge < -0.3 is 9.84 Å². The Morgan fingerprint density at radius 1 is 0.950 bits per heavy atom. The Morgan fingerprint density at radius 2 is 1.50 bits per heavy atom. The summed E-state index contributed by atoms with van der Waals surface area (Å²) in [7, 11) is 0. The summed E-state index contributed by atoms with van der Waals surface area (Å²) in [6.07, 6.45) is -0.995. The molecule has 110 valence electrons. The molecule has 0 bridgehead atoms. The first-order chi connectivity index (χ1) is 9.40. The second-order valence-corrected chi connectivity index (χ2v) is 5.93. The highest BCUT2D eigenvalue weighted by molar-refractivity contribution is 5.30. The molecule has 2 saturated carbocycles. The quantitative estimate of drug-likeness (QED) is 0.894. The Bertz CT molecular complexity index is 455. The highest BCUT2D eigenvalue weighted by Crippen LogP contribution is 2.50. The van der Waals surface area contributed by atoms with E-state index in [2.05, 4.69) is 4.74 Å². The van der Waals surface area contributed by atoms with Crippen molar-refractivity contribution in [3.63, 3.8) is 0 Å². The molecule has 0 aromatic heterocycles. The molecule has 1 N–H and O–H groups in total. The van der Waals surface area contributed by atoms with Gasteiger partial charge in [-0.15, -0.1) is 13.2 Å². The Morgan fingerprint density at radius 3 is 2.00 bits per heavy atom. The van der Waals surface area contributed by atoms with Gasteiger partial charge in [0.05, 0.1) is 6.10 Å². The fourth-order valence-corrected chi connectivity index (χ4v) is 3.80. The maximum Gasteiger partial charge on any atom is 0.573 e. The minimum atomic E-state index is -4.64. The van der Waals surface area contributed by atoms with Gasteiger partial charge in [-0.2, -0.15) is 0 Å². The van der Waals surface area contributed by atoms with Crippen LogP contribution in [0.5, 0.6) is 5.75 Å². The lowest BCUT2D eigenvalue weighted by atomic mass is 9.94. The van der Waals surface area contributed by atoms with Crippen LogP contribution in [0.25, 0.3) is 0 Å². The molecule has 2 unspecified atom stereocenters. The second-order valence-electron chi connectivity index (χ2n) is 5.93. The SMILES string of the molecule is OC1C[C@@H]2CC(c3ccc(OC(F)(F)F)cc3)C[C@@H]2C1. The van der Waals surface area contributed by atoms with E-state index in [1.165, 1.54) is 12.1 Å². The Balaban J connectivity index is 1.64. The van der Waals surface area contributed by atoms with Crippen molar-refractivity contribution in [2.75, 3.05) is 0 Å². The summed E-state index contributed by atoms with van der Waals surface area (Å²) >= 11 is 0. The van der Waals surface area contributed by atoms with Gasteiger partial charge in [-0.1, -0.05) is 12.1 Å². The number of hydrogen-bond acceptors (Lipinski definition) is 2. The topological polar surface area (TPSA) is 29.5 Å². The molecule has 0 aliphatic heterocycles. The molecular formula is C15H17F3O2. The van der Waals surface area contributed by atoms with Crippen LogP contribution < -0.4 is 4.74 Å². The Kier molecular flexibility index (Phi) is 3.40. The predicted octanol–water partition coefficient (Wildman–Crippen LogP) is 3.85. The number of fused-ring (bicyclic) bond motifs is 1. The molecular weight excluding hydrogens is 269 g/mol. The maximum atomic E-state index is 12.1. The van der Waals surface area contributed by atoms with Crippen molar-refractivity contribution >= 4 is 0 Å². The van der Waals surface area contributed by atoms with Crippen molar-refractivity contribution in [1.29, 1.82) is 0 Å². The van der Waals surface area contributed by atoms with Crippen molar-refractivity contribution in [3.05, 3.63) is 29.8 Å². The lowest BCUT2D eigenvalue weighted by molar-refractivity contribution is -0.274. The van der Waals surface area contributed by atoms with Crippen molar-refractivity contribution in [1.82, 2.24) is 0 Å². The average Bonchev–Trinajstić information content (AvgIpc) is 2.84. The van der Waals surface area contributed by atoms with Gasteiger partial charge in [0.15, 0.2) is 0 Å². The highest BCUT2D eigenvalue weighted by Gasteiger charge is 2.41. The van der Waals surface area contributed by atoms with Crippen LogP contribution in [0.1, 0.15) is 37.2 Å². The number of alkyl halides is 3. The zero-order valence-electron chi connectivity index (χ0n) is 10.9. The van der Waals surface area contributed by atoms with Crippen LogP contribution in [0.15, 0.2) is 24.3 Å². The minimum Gasteiger partial charge on any atom is -0.406 e. The zero-order chi connectivity index (χ0) is 14.3. The molecule has 2 aliphatic rings. The van der Waals surface area contributed by atoms with Crippen LogP contribution >= 0.6 is 0 Å². The molecule has 0 heterocycles. The van der Waals surface area contributed by atoms with Crippen LogP contribution in [0.2, 0.25) is 0 Å². The molecule has 3 rings (SSSR count). The monoisotopic (exact) mass is 286 g/mol. The maximum absolute atomic E-state index is 12.1. The van der Waals surface area contributed by atoms with Gasteiger partial charge in [-0.3, -0.25) is 0 Å². The van der Waals surface area contributed by atoms with E-state index in [9.17, 15) is 18.3 Å². The van der Waals surface area contributed by atoms with Gasteiger partial charge in [0, 0.05) is 0 Å². The number of rotatable bonds is 2. The van der Waals surface area contributed by atoms with Crippen LogP contribution in [-0.4, -0.2) is 17.6 Å². The minimum absolute atomic E-state index is 0.159. The molecule has 1 aromatic carbocycles. The van der Waals surface area contributed by atoms with Crippen LogP contribution in [-0.2, 0) is 0 Å².